The lowest BCUT2D eigenvalue weighted by Crippen LogP contribution is -2.28. The van der Waals surface area contributed by atoms with Crippen LogP contribution >= 0.6 is 27.7 Å². The van der Waals surface area contributed by atoms with E-state index in [9.17, 15) is 9.90 Å². The summed E-state index contributed by atoms with van der Waals surface area (Å²) in [7, 11) is 0. The fourth-order valence-corrected chi connectivity index (χ4v) is 3.70. The van der Waals surface area contributed by atoms with Gasteiger partial charge in [-0.3, -0.25) is 14.7 Å². The molecule has 0 radical (unpaired) electrons. The van der Waals surface area contributed by atoms with Crippen LogP contribution in [-0.2, 0) is 4.79 Å². The van der Waals surface area contributed by atoms with Crippen molar-refractivity contribution < 1.29 is 14.6 Å². The van der Waals surface area contributed by atoms with Crippen LogP contribution in [-0.4, -0.2) is 40.8 Å². The highest BCUT2D eigenvalue weighted by molar-refractivity contribution is 9.10. The summed E-state index contributed by atoms with van der Waals surface area (Å²) in [4.78, 5) is 19.1. The third-order valence-corrected chi connectivity index (χ3v) is 4.79. The molecule has 1 heterocycles. The standard InChI is InChI=1S/C16H19BrN2O3S/c1-4-18-16-19(5-2)15(21)13(23-16)9-10-7-11(17)14(20)12(8-10)22-6-3/h7-9,20H,4-6H2,1-3H3/b13-9-,18-16?. The van der Waals surface area contributed by atoms with E-state index in [1.807, 2.05) is 20.8 Å². The number of halogens is 1. The number of carbonyl (C=O) groups is 1. The van der Waals surface area contributed by atoms with Crippen LogP contribution in [0.25, 0.3) is 6.08 Å². The predicted octanol–water partition coefficient (Wildman–Crippen LogP) is 3.87. The number of nitrogens with zero attached hydrogens (tertiary/aromatic N) is 2. The minimum absolute atomic E-state index is 0.0492. The average molecular weight is 399 g/mol. The van der Waals surface area contributed by atoms with E-state index in [-0.39, 0.29) is 11.7 Å². The molecule has 1 fully saturated rings. The summed E-state index contributed by atoms with van der Waals surface area (Å²) in [6.07, 6.45) is 1.79. The number of ether oxygens (including phenoxy) is 1. The molecule has 0 unspecified atom stereocenters. The van der Waals surface area contributed by atoms with Crippen LogP contribution < -0.4 is 4.74 Å². The summed E-state index contributed by atoms with van der Waals surface area (Å²) < 4.78 is 5.94. The fourth-order valence-electron chi connectivity index (χ4n) is 2.13. The maximum Gasteiger partial charge on any atom is 0.266 e. The van der Waals surface area contributed by atoms with Crippen LogP contribution in [0.1, 0.15) is 26.3 Å². The van der Waals surface area contributed by atoms with Gasteiger partial charge in [0.2, 0.25) is 0 Å². The minimum Gasteiger partial charge on any atom is -0.503 e. The molecule has 0 aliphatic carbocycles. The van der Waals surface area contributed by atoms with E-state index in [0.29, 0.717) is 34.8 Å². The number of phenols is 1. The van der Waals surface area contributed by atoms with Crippen molar-refractivity contribution in [3.63, 3.8) is 0 Å². The number of benzene rings is 1. The van der Waals surface area contributed by atoms with Gasteiger partial charge >= 0.3 is 0 Å². The molecule has 0 aromatic heterocycles. The normalized spacial score (nSPS) is 18.3. The Bertz CT molecular complexity index is 674. The van der Waals surface area contributed by atoms with E-state index < -0.39 is 0 Å². The molecule has 1 amide bonds. The average Bonchev–Trinajstić information content (AvgIpc) is 2.80. The van der Waals surface area contributed by atoms with Crippen molar-refractivity contribution in [1.82, 2.24) is 4.90 Å². The zero-order chi connectivity index (χ0) is 17.0. The maximum absolute atomic E-state index is 12.5. The number of hydrogen-bond donors (Lipinski definition) is 1. The number of aliphatic imine (C=N–C) groups is 1. The summed E-state index contributed by atoms with van der Waals surface area (Å²) in [5.74, 6) is 0.397. The molecule has 23 heavy (non-hydrogen) atoms. The second kappa shape index (κ2) is 7.88. The van der Waals surface area contributed by atoms with Crippen molar-refractivity contribution in [1.29, 1.82) is 0 Å². The molecular formula is C16H19BrN2O3S. The molecule has 5 nitrogen and oxygen atoms in total. The first kappa shape index (κ1) is 17.9. The summed E-state index contributed by atoms with van der Waals surface area (Å²) in [5.41, 5.74) is 0.780. The molecule has 2 rings (SSSR count). The van der Waals surface area contributed by atoms with Crippen LogP contribution in [0.2, 0.25) is 0 Å². The highest BCUT2D eigenvalue weighted by Crippen LogP contribution is 2.38. The topological polar surface area (TPSA) is 62.1 Å². The molecule has 0 bridgehead atoms. The van der Waals surface area contributed by atoms with Gasteiger partial charge in [-0.2, -0.15) is 0 Å². The third kappa shape index (κ3) is 3.90. The second-order valence-corrected chi connectivity index (χ2v) is 6.56. The minimum atomic E-state index is -0.0492. The Morgan fingerprint density at radius 1 is 1.39 bits per heavy atom. The molecule has 1 aromatic carbocycles. The largest absolute Gasteiger partial charge is 0.503 e. The number of thioether (sulfide) groups is 1. The van der Waals surface area contributed by atoms with E-state index in [2.05, 4.69) is 20.9 Å². The molecule has 1 aliphatic rings. The first-order valence-corrected chi connectivity index (χ1v) is 9.03. The molecular weight excluding hydrogens is 380 g/mol. The lowest BCUT2D eigenvalue weighted by atomic mass is 10.2. The Morgan fingerprint density at radius 3 is 2.74 bits per heavy atom. The molecule has 0 atom stereocenters. The van der Waals surface area contributed by atoms with Gasteiger partial charge in [-0.1, -0.05) is 0 Å². The van der Waals surface area contributed by atoms with Gasteiger partial charge in [0.15, 0.2) is 16.7 Å². The lowest BCUT2D eigenvalue weighted by Gasteiger charge is -2.11. The molecule has 1 saturated heterocycles. The molecule has 0 spiro atoms. The smallest absolute Gasteiger partial charge is 0.266 e. The molecule has 1 aliphatic heterocycles. The van der Waals surface area contributed by atoms with E-state index in [1.165, 1.54) is 11.8 Å². The quantitative estimate of drug-likeness (QED) is 0.764. The first-order valence-electron chi connectivity index (χ1n) is 7.42. The zero-order valence-corrected chi connectivity index (χ0v) is 15.7. The van der Waals surface area contributed by atoms with Crippen LogP contribution in [0.3, 0.4) is 0 Å². The van der Waals surface area contributed by atoms with E-state index in [0.717, 1.165) is 10.7 Å². The van der Waals surface area contributed by atoms with Crippen molar-refractivity contribution in [2.45, 2.75) is 20.8 Å². The molecule has 1 aromatic rings. The Kier molecular flexibility index (Phi) is 6.12. The van der Waals surface area contributed by atoms with Crippen molar-refractivity contribution in [3.8, 4) is 11.5 Å². The van der Waals surface area contributed by atoms with E-state index in [4.69, 9.17) is 4.74 Å². The van der Waals surface area contributed by atoms with Gasteiger partial charge in [0.1, 0.15) is 0 Å². The van der Waals surface area contributed by atoms with Crippen molar-refractivity contribution >= 4 is 44.8 Å². The highest BCUT2D eigenvalue weighted by atomic mass is 79.9. The number of likely N-dealkylation sites (N-methyl/N-ethyl adjacent to an activating group) is 1. The third-order valence-electron chi connectivity index (χ3n) is 3.15. The van der Waals surface area contributed by atoms with Gasteiger partial charge in [-0.05, 0) is 72.2 Å². The number of aromatic hydroxyl groups is 1. The van der Waals surface area contributed by atoms with Crippen LogP contribution in [0.15, 0.2) is 26.5 Å². The summed E-state index contributed by atoms with van der Waals surface area (Å²) in [6.45, 7) is 7.39. The maximum atomic E-state index is 12.5. The monoisotopic (exact) mass is 398 g/mol. The van der Waals surface area contributed by atoms with Crippen LogP contribution in [0, 0.1) is 0 Å². The second-order valence-electron chi connectivity index (χ2n) is 4.70. The lowest BCUT2D eigenvalue weighted by molar-refractivity contribution is -0.122. The summed E-state index contributed by atoms with van der Waals surface area (Å²) in [6, 6.07) is 3.47. The van der Waals surface area contributed by atoms with Gasteiger partial charge in [0.25, 0.3) is 5.91 Å². The number of rotatable bonds is 5. The van der Waals surface area contributed by atoms with Gasteiger partial charge in [-0.15, -0.1) is 0 Å². The van der Waals surface area contributed by atoms with E-state index in [1.54, 1.807) is 23.1 Å². The Hall–Kier alpha value is -1.47. The predicted molar refractivity (Wildman–Crippen MR) is 97.9 cm³/mol. The molecule has 7 heteroatoms. The molecule has 124 valence electrons. The number of carbonyl (C=O) groups excluding carboxylic acids is 1. The molecule has 0 saturated carbocycles. The van der Waals surface area contributed by atoms with E-state index >= 15 is 0 Å². The summed E-state index contributed by atoms with van der Waals surface area (Å²) >= 11 is 4.68. The van der Waals surface area contributed by atoms with Crippen molar-refractivity contribution in [2.75, 3.05) is 19.7 Å². The SMILES string of the molecule is CCN=C1S/C(=C\c2cc(Br)c(O)c(OCC)c2)C(=O)N1CC. The van der Waals surface area contributed by atoms with Gasteiger partial charge in [0.05, 0.1) is 16.0 Å². The Balaban J connectivity index is 2.39. The number of hydrogen-bond acceptors (Lipinski definition) is 5. The highest BCUT2D eigenvalue weighted by Gasteiger charge is 2.31. The Labute approximate surface area is 148 Å². The van der Waals surface area contributed by atoms with Gasteiger partial charge in [0, 0.05) is 13.1 Å². The number of phenolic OH excluding ortho intramolecular Hbond substituents is 1. The van der Waals surface area contributed by atoms with Crippen LogP contribution in [0.5, 0.6) is 11.5 Å². The first-order chi connectivity index (χ1) is 11.0. The number of amidine groups is 1. The molecule has 1 N–H and O–H groups in total. The summed E-state index contributed by atoms with van der Waals surface area (Å²) in [5, 5.41) is 10.7. The number of amides is 1. The Morgan fingerprint density at radius 2 is 2.13 bits per heavy atom. The van der Waals surface area contributed by atoms with Crippen molar-refractivity contribution in [2.24, 2.45) is 4.99 Å². The zero-order valence-electron chi connectivity index (χ0n) is 13.3. The van der Waals surface area contributed by atoms with Gasteiger partial charge < -0.3 is 9.84 Å². The van der Waals surface area contributed by atoms with Crippen LogP contribution in [0.4, 0.5) is 0 Å². The van der Waals surface area contributed by atoms with Gasteiger partial charge in [-0.25, -0.2) is 0 Å². The van der Waals surface area contributed by atoms with Crippen molar-refractivity contribution in [3.05, 3.63) is 27.1 Å². The fraction of sp³-hybridized carbons (Fsp3) is 0.375.